The monoisotopic (exact) mass is 743 g/mol. The van der Waals surface area contributed by atoms with Crippen molar-refractivity contribution >= 4 is 60.4 Å². The van der Waals surface area contributed by atoms with Crippen LogP contribution in [0.25, 0.3) is 117 Å². The molecule has 8 heteroatoms. The van der Waals surface area contributed by atoms with Gasteiger partial charge in [0, 0.05) is 49.4 Å². The van der Waals surface area contributed by atoms with E-state index < -0.39 is 0 Å². The van der Waals surface area contributed by atoms with Gasteiger partial charge in [-0.15, -0.1) is 0 Å². The number of rotatable bonds is 5. The number of pyridine rings is 1. The van der Waals surface area contributed by atoms with Gasteiger partial charge < -0.3 is 4.42 Å². The Morgan fingerprint density at radius 1 is 0.345 bits per heavy atom. The first-order valence-corrected chi connectivity index (χ1v) is 19.1. The van der Waals surface area contributed by atoms with Crippen LogP contribution in [0.15, 0.2) is 180 Å². The van der Waals surface area contributed by atoms with Crippen molar-refractivity contribution in [2.45, 2.75) is 0 Å². The van der Waals surface area contributed by atoms with Gasteiger partial charge in [-0.25, -0.2) is 29.9 Å². The van der Waals surface area contributed by atoms with Crippen LogP contribution in [0, 0.1) is 0 Å². The van der Waals surface area contributed by atoms with Crippen LogP contribution < -0.4 is 0 Å². The molecule has 58 heavy (non-hydrogen) atoms. The van der Waals surface area contributed by atoms with Crippen LogP contribution in [0.4, 0.5) is 0 Å². The van der Waals surface area contributed by atoms with Crippen LogP contribution in [0.3, 0.4) is 0 Å². The molecule has 0 unspecified atom stereocenters. The molecule has 0 N–H and O–H groups in total. The van der Waals surface area contributed by atoms with E-state index in [4.69, 9.17) is 34.3 Å². The number of hydrogen-bond donors (Lipinski definition) is 0. The number of hydrogen-bond acceptors (Lipinski definition) is 7. The maximum Gasteiger partial charge on any atom is 0.183 e. The average Bonchev–Trinajstić information content (AvgIpc) is 3.88. The summed E-state index contributed by atoms with van der Waals surface area (Å²) >= 11 is 0. The van der Waals surface area contributed by atoms with Crippen LogP contribution in [-0.4, -0.2) is 34.3 Å². The van der Waals surface area contributed by atoms with Gasteiger partial charge in [-0.2, -0.15) is 0 Å². The molecule has 0 fully saturated rings. The highest BCUT2D eigenvalue weighted by Crippen LogP contribution is 2.39. The molecule has 7 aromatic carbocycles. The first-order valence-electron chi connectivity index (χ1n) is 19.1. The topological polar surface area (TPSA) is 94.9 Å². The fraction of sp³-hybridized carbons (Fsp3) is 0. The number of imidazole rings is 1. The first kappa shape index (κ1) is 32.2. The zero-order valence-corrected chi connectivity index (χ0v) is 30.8. The lowest BCUT2D eigenvalue weighted by molar-refractivity contribution is 0.669. The summed E-state index contributed by atoms with van der Waals surface area (Å²) in [6, 6.07) is 59.4. The summed E-state index contributed by atoms with van der Waals surface area (Å²) in [5, 5.41) is 5.23. The second-order valence-electron chi connectivity index (χ2n) is 14.3. The van der Waals surface area contributed by atoms with Crippen molar-refractivity contribution < 1.29 is 4.42 Å². The van der Waals surface area contributed by atoms with Gasteiger partial charge in [0.15, 0.2) is 28.9 Å². The second kappa shape index (κ2) is 12.7. The fourth-order valence-corrected chi connectivity index (χ4v) is 8.13. The van der Waals surface area contributed by atoms with E-state index in [0.29, 0.717) is 28.9 Å². The highest BCUT2D eigenvalue weighted by molar-refractivity contribution is 6.15. The number of furan rings is 1. The SMILES string of the molecule is c1ccc(-c2nc(-c3ccccc3)nc(-c3ccc4oc5ccc(-c6nc(-c7ccccc7)nc7nc8c9ccccc9c9ccccc9n8c67)cc5c4c3)n2)cc1. The molecule has 5 aromatic heterocycles. The molecule has 0 aliphatic carbocycles. The van der Waals surface area contributed by atoms with E-state index in [1.165, 1.54) is 0 Å². The molecule has 8 nitrogen and oxygen atoms in total. The standard InChI is InChI=1S/C50H29N7O/c1-4-14-30(15-5-1)45-51-43(44-49(55-45)56-50-37-22-11-10-20-35(37)36-21-12-13-23-40(36)57(44)50)33-24-26-41-38(28-33)39-29-34(25-27-42(39)58-41)48-53-46(31-16-6-2-7-17-31)52-47(54-48)32-18-8-3-9-19-32/h1-29H. The summed E-state index contributed by atoms with van der Waals surface area (Å²) in [5.74, 6) is 2.41. The van der Waals surface area contributed by atoms with Gasteiger partial charge in [0.25, 0.3) is 0 Å². The van der Waals surface area contributed by atoms with Gasteiger partial charge in [0.1, 0.15) is 28.0 Å². The van der Waals surface area contributed by atoms with Crippen molar-refractivity contribution in [3.05, 3.63) is 176 Å². The van der Waals surface area contributed by atoms with Gasteiger partial charge in [-0.3, -0.25) is 4.40 Å². The molecule has 0 atom stereocenters. The molecule has 0 saturated carbocycles. The predicted molar refractivity (Wildman–Crippen MR) is 231 cm³/mol. The summed E-state index contributed by atoms with van der Waals surface area (Å²) in [5.41, 5.74) is 10.2. The molecule has 0 bridgehead atoms. The van der Waals surface area contributed by atoms with Gasteiger partial charge >= 0.3 is 0 Å². The summed E-state index contributed by atoms with van der Waals surface area (Å²) in [7, 11) is 0. The Kier molecular flexibility index (Phi) is 7.06. The average molecular weight is 744 g/mol. The molecule has 270 valence electrons. The largest absolute Gasteiger partial charge is 0.456 e. The maximum absolute atomic E-state index is 6.46. The molecule has 0 aliphatic rings. The smallest absolute Gasteiger partial charge is 0.183 e. The Bertz CT molecular complexity index is 3510. The van der Waals surface area contributed by atoms with Crippen LogP contribution in [0.5, 0.6) is 0 Å². The fourth-order valence-electron chi connectivity index (χ4n) is 8.13. The molecule has 0 amide bonds. The number of para-hydroxylation sites is 1. The lowest BCUT2D eigenvalue weighted by Crippen LogP contribution is -2.00. The summed E-state index contributed by atoms with van der Waals surface area (Å²) in [6.07, 6.45) is 0. The molecular weight excluding hydrogens is 715 g/mol. The van der Waals surface area contributed by atoms with Gasteiger partial charge in [-0.05, 0) is 47.9 Å². The Morgan fingerprint density at radius 2 is 0.828 bits per heavy atom. The van der Waals surface area contributed by atoms with Crippen molar-refractivity contribution in [3.8, 4) is 56.8 Å². The lowest BCUT2D eigenvalue weighted by Gasteiger charge is -2.11. The van der Waals surface area contributed by atoms with Crippen LogP contribution >= 0.6 is 0 Å². The third-order valence-electron chi connectivity index (χ3n) is 10.8. The van der Waals surface area contributed by atoms with E-state index in [-0.39, 0.29) is 0 Å². The summed E-state index contributed by atoms with van der Waals surface area (Å²) < 4.78 is 8.68. The predicted octanol–water partition coefficient (Wildman–Crippen LogP) is 12.0. The number of benzene rings is 7. The maximum atomic E-state index is 6.46. The van der Waals surface area contributed by atoms with Crippen molar-refractivity contribution in [2.75, 3.05) is 0 Å². The minimum Gasteiger partial charge on any atom is -0.456 e. The van der Waals surface area contributed by atoms with E-state index in [0.717, 1.165) is 88.3 Å². The quantitative estimate of drug-likeness (QED) is 0.162. The molecule has 0 saturated heterocycles. The third kappa shape index (κ3) is 5.09. The molecule has 5 heterocycles. The molecule has 12 aromatic rings. The van der Waals surface area contributed by atoms with E-state index in [1.54, 1.807) is 0 Å². The van der Waals surface area contributed by atoms with Crippen molar-refractivity contribution in [2.24, 2.45) is 0 Å². The van der Waals surface area contributed by atoms with Crippen LogP contribution in [0.1, 0.15) is 0 Å². The minimum absolute atomic E-state index is 0.579. The van der Waals surface area contributed by atoms with E-state index in [9.17, 15) is 0 Å². The van der Waals surface area contributed by atoms with Crippen molar-refractivity contribution in [3.63, 3.8) is 0 Å². The van der Waals surface area contributed by atoms with Gasteiger partial charge in [0.05, 0.1) is 5.52 Å². The molecule has 0 spiro atoms. The number of aromatic nitrogens is 7. The van der Waals surface area contributed by atoms with Crippen LogP contribution in [-0.2, 0) is 0 Å². The normalized spacial score (nSPS) is 11.8. The summed E-state index contributed by atoms with van der Waals surface area (Å²) in [6.45, 7) is 0. The number of nitrogens with zero attached hydrogens (tertiary/aromatic N) is 7. The third-order valence-corrected chi connectivity index (χ3v) is 10.8. The Balaban J connectivity index is 1.10. The highest BCUT2D eigenvalue weighted by atomic mass is 16.3. The number of fused-ring (bicyclic) bond motifs is 11. The highest BCUT2D eigenvalue weighted by Gasteiger charge is 2.22. The van der Waals surface area contributed by atoms with Gasteiger partial charge in [0.2, 0.25) is 0 Å². The molecule has 0 radical (unpaired) electrons. The first-order chi connectivity index (χ1) is 28.7. The molecule has 12 rings (SSSR count). The molecule has 0 aliphatic heterocycles. The van der Waals surface area contributed by atoms with E-state index >= 15 is 0 Å². The minimum atomic E-state index is 0.579. The van der Waals surface area contributed by atoms with Crippen molar-refractivity contribution in [1.29, 1.82) is 0 Å². The van der Waals surface area contributed by atoms with Gasteiger partial charge in [-0.1, -0.05) is 133 Å². The van der Waals surface area contributed by atoms with Crippen LogP contribution in [0.2, 0.25) is 0 Å². The Hall–Kier alpha value is -8.10. The van der Waals surface area contributed by atoms with E-state index in [2.05, 4.69) is 71.1 Å². The van der Waals surface area contributed by atoms with E-state index in [1.807, 2.05) is 109 Å². The second-order valence-corrected chi connectivity index (χ2v) is 14.3. The lowest BCUT2D eigenvalue weighted by atomic mass is 10.0. The zero-order valence-electron chi connectivity index (χ0n) is 30.8. The summed E-state index contributed by atoms with van der Waals surface area (Å²) in [4.78, 5) is 30.6. The molecular formula is C50H29N7O. The Morgan fingerprint density at radius 3 is 1.45 bits per heavy atom. The van der Waals surface area contributed by atoms with Crippen molar-refractivity contribution in [1.82, 2.24) is 34.3 Å². The Labute approximate surface area is 330 Å². The zero-order chi connectivity index (χ0) is 38.2.